The lowest BCUT2D eigenvalue weighted by Crippen LogP contribution is -2.17. The van der Waals surface area contributed by atoms with E-state index in [0.29, 0.717) is 11.5 Å². The number of ether oxygens (including phenoxy) is 2. The van der Waals surface area contributed by atoms with Gasteiger partial charge in [0.1, 0.15) is 11.5 Å². The normalized spacial score (nSPS) is 11.1. The van der Waals surface area contributed by atoms with Gasteiger partial charge in [-0.15, -0.1) is 0 Å². The van der Waals surface area contributed by atoms with Crippen molar-refractivity contribution in [2.45, 2.75) is 38.5 Å². The van der Waals surface area contributed by atoms with Crippen LogP contribution >= 0.6 is 0 Å². The summed E-state index contributed by atoms with van der Waals surface area (Å²) in [7, 11) is -2.55. The van der Waals surface area contributed by atoms with Crippen LogP contribution in [0, 0.1) is 0 Å². The molecule has 0 aliphatic carbocycles. The van der Waals surface area contributed by atoms with Gasteiger partial charge in [-0.05, 0) is 42.8 Å². The summed E-state index contributed by atoms with van der Waals surface area (Å²) in [6.45, 7) is 9.72. The van der Waals surface area contributed by atoms with Gasteiger partial charge in [-0.2, -0.15) is 0 Å². The molecule has 0 aromatic heterocycles. The number of allylic oxidation sites excluding steroid dienone is 2. The number of rotatable bonds is 8. The third kappa shape index (κ3) is 7.46. The Hall–Kier alpha value is -2.08. The number of benzene rings is 1. The van der Waals surface area contributed by atoms with E-state index in [9.17, 15) is 13.2 Å². The van der Waals surface area contributed by atoms with Crippen molar-refractivity contribution in [2.24, 2.45) is 0 Å². The molecular weight excluding hydrogens is 328 g/mol. The summed E-state index contributed by atoms with van der Waals surface area (Å²) in [6, 6.07) is 5.86. The standard InChI is InChI=1S/C16H20O5S.C2H6/c1-4-6-7-13(5-2)21-14-8-10-15(11-9-14)22(18,19)12-16(17)20-3;1-2/h5,7-11H,2,4,6,12H2,1,3H3;1-2H3/b13-7+;. The van der Waals surface area contributed by atoms with Crippen molar-refractivity contribution in [2.75, 3.05) is 12.9 Å². The van der Waals surface area contributed by atoms with Crippen LogP contribution in [0.2, 0.25) is 0 Å². The maximum Gasteiger partial charge on any atom is 0.321 e. The van der Waals surface area contributed by atoms with Crippen LogP contribution in [0.25, 0.3) is 0 Å². The Bertz CT molecular complexity index is 642. The fraction of sp³-hybridized carbons (Fsp3) is 0.389. The average molecular weight is 354 g/mol. The van der Waals surface area contributed by atoms with E-state index in [-0.39, 0.29) is 4.90 Å². The molecule has 6 heteroatoms. The fourth-order valence-corrected chi connectivity index (χ4v) is 2.75. The summed E-state index contributed by atoms with van der Waals surface area (Å²) in [5.74, 6) is -0.360. The van der Waals surface area contributed by atoms with Gasteiger partial charge in [0.2, 0.25) is 0 Å². The number of hydrogen-bond acceptors (Lipinski definition) is 5. The van der Waals surface area contributed by atoms with Crippen LogP contribution in [0.4, 0.5) is 0 Å². The van der Waals surface area contributed by atoms with Crippen LogP contribution in [0.5, 0.6) is 5.75 Å². The Labute approximate surface area is 144 Å². The summed E-state index contributed by atoms with van der Waals surface area (Å²) >= 11 is 0. The predicted molar refractivity (Wildman–Crippen MR) is 95.7 cm³/mol. The lowest BCUT2D eigenvalue weighted by Gasteiger charge is -2.08. The second-order valence-electron chi connectivity index (χ2n) is 4.51. The molecule has 0 spiro atoms. The first kappa shape index (κ1) is 21.9. The molecule has 0 fully saturated rings. The zero-order chi connectivity index (χ0) is 18.6. The smallest absolute Gasteiger partial charge is 0.321 e. The van der Waals surface area contributed by atoms with Crippen LogP contribution in [0.1, 0.15) is 33.6 Å². The number of carbonyl (C=O) groups excluding carboxylic acids is 1. The second kappa shape index (κ2) is 11.5. The molecule has 0 bridgehead atoms. The van der Waals surface area contributed by atoms with Crippen molar-refractivity contribution in [3.63, 3.8) is 0 Å². The van der Waals surface area contributed by atoms with Crippen molar-refractivity contribution >= 4 is 15.8 Å². The summed E-state index contributed by atoms with van der Waals surface area (Å²) < 4.78 is 33.9. The minimum Gasteiger partial charge on any atom is -0.468 e. The van der Waals surface area contributed by atoms with Crippen LogP contribution in [0.15, 0.2) is 53.7 Å². The molecule has 0 N–H and O–H groups in total. The maximum absolute atomic E-state index is 12.0. The minimum absolute atomic E-state index is 0.0444. The monoisotopic (exact) mass is 354 g/mol. The molecule has 0 radical (unpaired) electrons. The van der Waals surface area contributed by atoms with Gasteiger partial charge in [-0.25, -0.2) is 8.42 Å². The quantitative estimate of drug-likeness (QED) is 0.402. The summed E-state index contributed by atoms with van der Waals surface area (Å²) in [5.41, 5.74) is 0. The Balaban J connectivity index is 0.00000254. The molecule has 5 nitrogen and oxygen atoms in total. The number of sulfone groups is 1. The van der Waals surface area contributed by atoms with Gasteiger partial charge < -0.3 is 9.47 Å². The predicted octanol–water partition coefficient (Wildman–Crippen LogP) is 3.91. The molecule has 0 amide bonds. The average Bonchev–Trinajstić information content (AvgIpc) is 2.60. The third-order valence-electron chi connectivity index (χ3n) is 2.79. The maximum atomic E-state index is 12.0. The van der Waals surface area contributed by atoms with Crippen LogP contribution < -0.4 is 4.74 Å². The molecule has 0 saturated carbocycles. The molecule has 134 valence electrons. The SMILES string of the molecule is C=C/C(=C\CCC)Oc1ccc(S(=O)(=O)CC(=O)OC)cc1.CC. The van der Waals surface area contributed by atoms with Gasteiger partial charge in [0.05, 0.1) is 12.0 Å². The Morgan fingerprint density at radius 1 is 1.21 bits per heavy atom. The van der Waals surface area contributed by atoms with E-state index in [1.54, 1.807) is 6.08 Å². The van der Waals surface area contributed by atoms with Crippen molar-refractivity contribution in [1.82, 2.24) is 0 Å². The van der Waals surface area contributed by atoms with Crippen molar-refractivity contribution < 1.29 is 22.7 Å². The van der Waals surface area contributed by atoms with E-state index in [2.05, 4.69) is 18.2 Å². The molecule has 0 atom stereocenters. The number of unbranched alkanes of at least 4 members (excludes halogenated alkanes) is 1. The highest BCUT2D eigenvalue weighted by Crippen LogP contribution is 2.19. The van der Waals surface area contributed by atoms with E-state index in [0.717, 1.165) is 20.0 Å². The lowest BCUT2D eigenvalue weighted by molar-refractivity contribution is -0.137. The summed E-state index contributed by atoms with van der Waals surface area (Å²) in [6.07, 6.45) is 5.37. The molecule has 1 rings (SSSR count). The molecule has 24 heavy (non-hydrogen) atoms. The van der Waals surface area contributed by atoms with Crippen LogP contribution in [-0.2, 0) is 19.4 Å². The van der Waals surface area contributed by atoms with Gasteiger partial charge in [0, 0.05) is 0 Å². The molecule has 0 unspecified atom stereocenters. The topological polar surface area (TPSA) is 69.7 Å². The van der Waals surface area contributed by atoms with E-state index < -0.39 is 21.6 Å². The van der Waals surface area contributed by atoms with E-state index in [1.807, 2.05) is 19.9 Å². The Kier molecular flexibility index (Phi) is 10.5. The third-order valence-corrected chi connectivity index (χ3v) is 4.40. The fourth-order valence-electron chi connectivity index (χ4n) is 1.60. The first-order valence-electron chi connectivity index (χ1n) is 7.83. The lowest BCUT2D eigenvalue weighted by atomic mass is 10.3. The second-order valence-corrected chi connectivity index (χ2v) is 6.50. The van der Waals surface area contributed by atoms with E-state index in [1.165, 1.54) is 24.3 Å². The highest BCUT2D eigenvalue weighted by atomic mass is 32.2. The zero-order valence-corrected chi connectivity index (χ0v) is 15.6. The molecule has 0 saturated heterocycles. The minimum atomic E-state index is -3.70. The highest BCUT2D eigenvalue weighted by Gasteiger charge is 2.19. The van der Waals surface area contributed by atoms with Gasteiger partial charge in [0.25, 0.3) is 0 Å². The van der Waals surface area contributed by atoms with Crippen molar-refractivity contribution in [3.05, 3.63) is 48.8 Å². The van der Waals surface area contributed by atoms with Gasteiger partial charge in [-0.3, -0.25) is 4.79 Å². The molecule has 0 aliphatic heterocycles. The van der Waals surface area contributed by atoms with Gasteiger partial charge >= 0.3 is 5.97 Å². The number of methoxy groups -OCH3 is 1. The first-order chi connectivity index (χ1) is 11.4. The molecule has 0 heterocycles. The Morgan fingerprint density at radius 3 is 2.25 bits per heavy atom. The number of hydrogen-bond donors (Lipinski definition) is 0. The van der Waals surface area contributed by atoms with Gasteiger partial charge in [0.15, 0.2) is 15.6 Å². The molecule has 1 aromatic rings. The van der Waals surface area contributed by atoms with E-state index in [4.69, 9.17) is 4.74 Å². The van der Waals surface area contributed by atoms with E-state index >= 15 is 0 Å². The van der Waals surface area contributed by atoms with Gasteiger partial charge in [-0.1, -0.05) is 33.8 Å². The van der Waals surface area contributed by atoms with Crippen LogP contribution in [-0.4, -0.2) is 27.2 Å². The van der Waals surface area contributed by atoms with Crippen molar-refractivity contribution in [1.29, 1.82) is 0 Å². The summed E-state index contributed by atoms with van der Waals surface area (Å²) in [4.78, 5) is 11.2. The zero-order valence-electron chi connectivity index (χ0n) is 14.7. The molecule has 0 aliphatic rings. The largest absolute Gasteiger partial charge is 0.468 e. The molecular formula is C18H26O5S. The molecule has 1 aromatic carbocycles. The number of esters is 1. The Morgan fingerprint density at radius 2 is 1.79 bits per heavy atom. The van der Waals surface area contributed by atoms with Crippen LogP contribution in [0.3, 0.4) is 0 Å². The summed E-state index contributed by atoms with van der Waals surface area (Å²) in [5, 5.41) is 0. The highest BCUT2D eigenvalue weighted by molar-refractivity contribution is 7.92. The number of carbonyl (C=O) groups is 1. The van der Waals surface area contributed by atoms with Crippen molar-refractivity contribution in [3.8, 4) is 5.75 Å². The first-order valence-corrected chi connectivity index (χ1v) is 9.48.